The number of hydrogen-bond acceptors (Lipinski definition) is 4. The van der Waals surface area contributed by atoms with E-state index in [1.807, 2.05) is 23.1 Å². The number of para-hydroxylation sites is 2. The van der Waals surface area contributed by atoms with E-state index in [1.165, 1.54) is 7.05 Å². The highest BCUT2D eigenvalue weighted by molar-refractivity contribution is 6.06. The molecule has 4 amide bonds. The molecule has 0 radical (unpaired) electrons. The zero-order valence-electron chi connectivity index (χ0n) is 17.9. The number of nitrogens with one attached hydrogen (secondary N) is 1. The Morgan fingerprint density at radius 3 is 2.53 bits per heavy atom. The molecular weight excluding hydrogens is 382 g/mol. The normalized spacial score (nSPS) is 18.7. The molecule has 2 aromatic rings. The zero-order chi connectivity index (χ0) is 21.5. The lowest BCUT2D eigenvalue weighted by molar-refractivity contribution is -0.138. The molecule has 2 saturated heterocycles. The molecule has 0 saturated carbocycles. The molecule has 1 aromatic carbocycles. The van der Waals surface area contributed by atoms with E-state index in [-0.39, 0.29) is 17.8 Å². The number of imidazole rings is 1. The van der Waals surface area contributed by atoms with Gasteiger partial charge in [-0.05, 0) is 31.4 Å². The molecule has 8 nitrogen and oxygen atoms in total. The molecule has 1 aromatic heterocycles. The topological polar surface area (TPSA) is 87.5 Å². The molecule has 2 aliphatic heterocycles. The summed E-state index contributed by atoms with van der Waals surface area (Å²) in [5.41, 5.74) is 1.26. The van der Waals surface area contributed by atoms with Crippen LogP contribution in [0.4, 0.5) is 4.79 Å². The monoisotopic (exact) mass is 411 g/mol. The van der Waals surface area contributed by atoms with Gasteiger partial charge in [-0.3, -0.25) is 14.5 Å². The van der Waals surface area contributed by atoms with E-state index in [9.17, 15) is 14.4 Å². The fourth-order valence-electron chi connectivity index (χ4n) is 4.55. The summed E-state index contributed by atoms with van der Waals surface area (Å²) in [6.45, 7) is 5.99. The van der Waals surface area contributed by atoms with Gasteiger partial charge in [0.1, 0.15) is 11.4 Å². The second kappa shape index (κ2) is 7.74. The molecule has 3 heterocycles. The summed E-state index contributed by atoms with van der Waals surface area (Å²) in [5, 5.41) is 2.81. The molecule has 2 aliphatic rings. The maximum Gasteiger partial charge on any atom is 0.324 e. The number of aryl methyl sites for hydroxylation is 1. The number of carbonyl (C=O) groups excluding carboxylic acids is 3. The molecule has 160 valence electrons. The standard InChI is InChI=1S/C22H29N5O3/c1-15(2)19-23-16-7-4-5-8-17(16)27(19)12-6-9-18(28)26-13-10-22(11-14-26)20(29)25(3)21(30)24-22/h4-5,7-8,15H,6,9-14H2,1-3H3,(H,24,30). The van der Waals surface area contributed by atoms with Crippen LogP contribution in [0.3, 0.4) is 0 Å². The SMILES string of the molecule is CC(C)c1nc2ccccc2n1CCCC(=O)N1CCC2(CC1)NC(=O)N(C)C2=O. The minimum absolute atomic E-state index is 0.102. The van der Waals surface area contributed by atoms with Crippen molar-refractivity contribution in [2.75, 3.05) is 20.1 Å². The number of urea groups is 1. The summed E-state index contributed by atoms with van der Waals surface area (Å²) >= 11 is 0. The Morgan fingerprint density at radius 1 is 1.20 bits per heavy atom. The van der Waals surface area contributed by atoms with Crippen LogP contribution in [0.15, 0.2) is 24.3 Å². The second-order valence-electron chi connectivity index (χ2n) is 8.63. The number of carbonyl (C=O) groups is 3. The largest absolute Gasteiger partial charge is 0.342 e. The van der Waals surface area contributed by atoms with Crippen molar-refractivity contribution in [2.45, 2.75) is 57.5 Å². The van der Waals surface area contributed by atoms with Crippen molar-refractivity contribution in [1.82, 2.24) is 24.7 Å². The number of imide groups is 1. The van der Waals surface area contributed by atoms with Crippen LogP contribution in [0.25, 0.3) is 11.0 Å². The van der Waals surface area contributed by atoms with Gasteiger partial charge in [0.05, 0.1) is 11.0 Å². The Bertz CT molecular complexity index is 988. The second-order valence-corrected chi connectivity index (χ2v) is 8.63. The van der Waals surface area contributed by atoms with E-state index in [1.54, 1.807) is 0 Å². The molecular formula is C22H29N5O3. The first-order chi connectivity index (χ1) is 14.3. The van der Waals surface area contributed by atoms with Crippen molar-refractivity contribution in [3.05, 3.63) is 30.1 Å². The molecule has 4 rings (SSSR count). The lowest BCUT2D eigenvalue weighted by Gasteiger charge is -2.37. The van der Waals surface area contributed by atoms with E-state index in [0.29, 0.717) is 38.3 Å². The first kappa shape index (κ1) is 20.4. The summed E-state index contributed by atoms with van der Waals surface area (Å²) in [7, 11) is 1.50. The van der Waals surface area contributed by atoms with Gasteiger partial charge >= 0.3 is 6.03 Å². The van der Waals surface area contributed by atoms with Crippen LogP contribution >= 0.6 is 0 Å². The molecule has 0 aliphatic carbocycles. The van der Waals surface area contributed by atoms with Gasteiger partial charge in [0.25, 0.3) is 5.91 Å². The number of nitrogens with zero attached hydrogens (tertiary/aromatic N) is 4. The summed E-state index contributed by atoms with van der Waals surface area (Å²) in [5.74, 6) is 1.27. The van der Waals surface area contributed by atoms with Crippen molar-refractivity contribution < 1.29 is 14.4 Å². The van der Waals surface area contributed by atoms with Crippen molar-refractivity contribution in [3.8, 4) is 0 Å². The van der Waals surface area contributed by atoms with Crippen molar-refractivity contribution in [2.24, 2.45) is 0 Å². The molecule has 0 bridgehead atoms. The molecule has 30 heavy (non-hydrogen) atoms. The van der Waals surface area contributed by atoms with Gasteiger partial charge in [-0.25, -0.2) is 9.78 Å². The first-order valence-corrected chi connectivity index (χ1v) is 10.7. The van der Waals surface area contributed by atoms with Gasteiger partial charge in [-0.1, -0.05) is 26.0 Å². The maximum absolute atomic E-state index is 12.7. The third kappa shape index (κ3) is 3.44. The van der Waals surface area contributed by atoms with Gasteiger partial charge in [-0.2, -0.15) is 0 Å². The number of aromatic nitrogens is 2. The van der Waals surface area contributed by atoms with Gasteiger partial charge in [-0.15, -0.1) is 0 Å². The minimum atomic E-state index is -0.829. The third-order valence-electron chi connectivity index (χ3n) is 6.31. The Hall–Kier alpha value is -2.90. The summed E-state index contributed by atoms with van der Waals surface area (Å²) < 4.78 is 2.22. The number of likely N-dealkylation sites (tertiary alicyclic amines) is 1. The third-order valence-corrected chi connectivity index (χ3v) is 6.31. The quantitative estimate of drug-likeness (QED) is 0.766. The highest BCUT2D eigenvalue weighted by Crippen LogP contribution is 2.29. The van der Waals surface area contributed by atoms with Crippen LogP contribution in [0, 0.1) is 0 Å². The lowest BCUT2D eigenvalue weighted by Crippen LogP contribution is -2.55. The van der Waals surface area contributed by atoms with E-state index < -0.39 is 5.54 Å². The van der Waals surface area contributed by atoms with E-state index >= 15 is 0 Å². The minimum Gasteiger partial charge on any atom is -0.342 e. The smallest absolute Gasteiger partial charge is 0.324 e. The highest BCUT2D eigenvalue weighted by Gasteiger charge is 2.51. The number of piperidine rings is 1. The van der Waals surface area contributed by atoms with E-state index in [4.69, 9.17) is 4.98 Å². The number of fused-ring (bicyclic) bond motifs is 1. The Morgan fingerprint density at radius 2 is 1.90 bits per heavy atom. The van der Waals surface area contributed by atoms with Gasteiger partial charge in [0, 0.05) is 39.0 Å². The Labute approximate surface area is 176 Å². The maximum atomic E-state index is 12.7. The van der Waals surface area contributed by atoms with Crippen LogP contribution < -0.4 is 5.32 Å². The van der Waals surface area contributed by atoms with Gasteiger partial charge in [0.2, 0.25) is 5.91 Å². The summed E-state index contributed by atoms with van der Waals surface area (Å²) in [4.78, 5) is 44.7. The van der Waals surface area contributed by atoms with Crippen molar-refractivity contribution in [3.63, 3.8) is 0 Å². The van der Waals surface area contributed by atoms with Crippen molar-refractivity contribution >= 4 is 28.9 Å². The van der Waals surface area contributed by atoms with Crippen LogP contribution in [0.1, 0.15) is 51.3 Å². The fraction of sp³-hybridized carbons (Fsp3) is 0.545. The molecule has 2 fully saturated rings. The number of hydrogen-bond donors (Lipinski definition) is 1. The van der Waals surface area contributed by atoms with Crippen LogP contribution in [-0.2, 0) is 16.1 Å². The molecule has 1 spiro atoms. The first-order valence-electron chi connectivity index (χ1n) is 10.7. The van der Waals surface area contributed by atoms with E-state index in [0.717, 1.165) is 34.7 Å². The van der Waals surface area contributed by atoms with Crippen LogP contribution in [-0.4, -0.2) is 62.9 Å². The van der Waals surface area contributed by atoms with E-state index in [2.05, 4.69) is 29.8 Å². The molecule has 1 N–H and O–H groups in total. The summed E-state index contributed by atoms with van der Waals surface area (Å²) in [6.07, 6.45) is 2.13. The van der Waals surface area contributed by atoms with Crippen LogP contribution in [0.5, 0.6) is 0 Å². The predicted octanol–water partition coefficient (Wildman–Crippen LogP) is 2.48. The van der Waals surface area contributed by atoms with Crippen LogP contribution in [0.2, 0.25) is 0 Å². The van der Waals surface area contributed by atoms with Gasteiger partial charge in [0.15, 0.2) is 0 Å². The lowest BCUT2D eigenvalue weighted by atomic mass is 9.87. The number of likely N-dealkylation sites (N-methyl/N-ethyl adjacent to an activating group) is 1. The molecule has 0 atom stereocenters. The van der Waals surface area contributed by atoms with Crippen molar-refractivity contribution in [1.29, 1.82) is 0 Å². The Kier molecular flexibility index (Phi) is 5.26. The molecule has 0 unspecified atom stereocenters. The fourth-order valence-corrected chi connectivity index (χ4v) is 4.55. The predicted molar refractivity (Wildman–Crippen MR) is 113 cm³/mol. The number of rotatable bonds is 5. The zero-order valence-corrected chi connectivity index (χ0v) is 17.9. The number of amides is 4. The average Bonchev–Trinajstić information content (AvgIpc) is 3.20. The summed E-state index contributed by atoms with van der Waals surface area (Å²) in [6, 6.07) is 7.75. The number of benzene rings is 1. The highest BCUT2D eigenvalue weighted by atomic mass is 16.2. The Balaban J connectivity index is 1.35. The molecule has 8 heteroatoms. The van der Waals surface area contributed by atoms with Gasteiger partial charge < -0.3 is 14.8 Å². The average molecular weight is 412 g/mol.